The summed E-state index contributed by atoms with van der Waals surface area (Å²) in [5.74, 6) is -4.63. The third kappa shape index (κ3) is 8.55. The topological polar surface area (TPSA) is 240 Å². The van der Waals surface area contributed by atoms with Crippen molar-refractivity contribution in [1.82, 2.24) is 25.3 Å². The number of aliphatic carboxylic acids is 2. The van der Waals surface area contributed by atoms with Gasteiger partial charge in [-0.3, -0.25) is 24.2 Å². The summed E-state index contributed by atoms with van der Waals surface area (Å²) in [7, 11) is 2.52. The van der Waals surface area contributed by atoms with Gasteiger partial charge in [0, 0.05) is 47.0 Å². The second-order valence-electron chi connectivity index (χ2n) is 15.7. The molecule has 6 rings (SSSR count). The molecule has 8 bridgehead atoms. The first-order valence-corrected chi connectivity index (χ1v) is 20.2. The Morgan fingerprint density at radius 1 is 0.885 bits per heavy atom. The predicted molar refractivity (Wildman–Crippen MR) is 232 cm³/mol. The monoisotopic (exact) mass is 832 g/mol. The van der Waals surface area contributed by atoms with Gasteiger partial charge in [-0.2, -0.15) is 0 Å². The highest BCUT2D eigenvalue weighted by molar-refractivity contribution is 6.02. The van der Waals surface area contributed by atoms with E-state index in [0.717, 1.165) is 44.4 Å². The number of allylic oxidation sites excluding steroid dienone is 5. The number of fused-ring (bicyclic) bond motifs is 11. The Balaban J connectivity index is 1.56. The van der Waals surface area contributed by atoms with E-state index in [1.165, 1.54) is 14.2 Å². The van der Waals surface area contributed by atoms with Gasteiger partial charge in [-0.25, -0.2) is 9.78 Å². The molecule has 3 aromatic heterocycles. The fourth-order valence-electron chi connectivity index (χ4n) is 8.52. The quantitative estimate of drug-likeness (QED) is 0.0737. The fraction of sp³-hybridized carbons (Fsp3) is 0.370. The molecule has 2 aliphatic heterocycles. The molecule has 1 amide bonds. The van der Waals surface area contributed by atoms with Crippen LogP contribution >= 0.6 is 0 Å². The van der Waals surface area contributed by atoms with Crippen LogP contribution < -0.4 is 11.1 Å². The first kappa shape index (κ1) is 44.0. The number of unbranched alkanes of at least 4 members (excludes halogenated alkanes) is 1. The van der Waals surface area contributed by atoms with Crippen LogP contribution in [0.15, 0.2) is 48.6 Å². The lowest BCUT2D eigenvalue weighted by molar-refractivity contribution is -0.149. The number of nitrogens with one attached hydrogen (secondary N) is 3. The molecular formula is C46H52N6O9. The molecule has 61 heavy (non-hydrogen) atoms. The zero-order valence-electron chi connectivity index (χ0n) is 35.3. The summed E-state index contributed by atoms with van der Waals surface area (Å²) in [6.45, 7) is 12.1. The van der Waals surface area contributed by atoms with Gasteiger partial charge in [-0.1, -0.05) is 24.8 Å². The van der Waals surface area contributed by atoms with Crippen LogP contribution in [-0.4, -0.2) is 86.7 Å². The van der Waals surface area contributed by atoms with E-state index in [2.05, 4.69) is 21.9 Å². The van der Waals surface area contributed by atoms with Crippen molar-refractivity contribution in [3.8, 4) is 0 Å². The molecule has 15 nitrogen and oxygen atoms in total. The van der Waals surface area contributed by atoms with Gasteiger partial charge in [0.15, 0.2) is 0 Å². The number of carbonyl (C=O) groups excluding carboxylic acids is 3. The molecule has 15 heteroatoms. The van der Waals surface area contributed by atoms with Crippen molar-refractivity contribution in [2.75, 3.05) is 20.8 Å². The zero-order chi connectivity index (χ0) is 44.3. The van der Waals surface area contributed by atoms with Gasteiger partial charge in [-0.15, -0.1) is 0 Å². The van der Waals surface area contributed by atoms with E-state index in [1.807, 2.05) is 52.0 Å². The minimum atomic E-state index is -1.21. The molecule has 3 aromatic rings. The summed E-state index contributed by atoms with van der Waals surface area (Å²) in [6, 6.07) is 6.61. The van der Waals surface area contributed by atoms with E-state index in [1.54, 1.807) is 18.2 Å². The maximum absolute atomic E-state index is 13.8. The number of hydrogen-bond acceptors (Lipinski definition) is 10. The number of carboxylic acids is 2. The van der Waals surface area contributed by atoms with Crippen molar-refractivity contribution in [3.63, 3.8) is 0 Å². The number of aromatic amines is 2. The summed E-state index contributed by atoms with van der Waals surface area (Å²) < 4.78 is 10.4. The van der Waals surface area contributed by atoms with Crippen molar-refractivity contribution >= 4 is 74.6 Å². The smallest absolute Gasteiger partial charge is 0.334 e. The third-order valence-electron chi connectivity index (χ3n) is 12.1. The molecule has 0 spiro atoms. The molecule has 0 fully saturated rings. The number of carboxylic acid groups (broad SMARTS) is 2. The van der Waals surface area contributed by atoms with E-state index in [0.29, 0.717) is 71.6 Å². The number of ether oxygens (including phenoxy) is 2. The van der Waals surface area contributed by atoms with Crippen LogP contribution in [0.4, 0.5) is 0 Å². The van der Waals surface area contributed by atoms with E-state index in [-0.39, 0.29) is 30.7 Å². The zero-order valence-corrected chi connectivity index (χ0v) is 35.3. The average Bonchev–Trinajstić information content (AvgIpc) is 3.88. The molecule has 0 aromatic carbocycles. The first-order chi connectivity index (χ1) is 29.0. The van der Waals surface area contributed by atoms with Gasteiger partial charge in [0.1, 0.15) is 12.0 Å². The lowest BCUT2D eigenvalue weighted by Crippen LogP contribution is -2.42. The SMILES string of the molecule is C=Cc1c(C)c2cc3nc(cc4[nH]c(cc5nc(cc1[nH]2)C(C)=C5CCC(=O)NCCCCC(N)C(=O)O)c(CCC(=O)O)c4C)[C@@]1(C)C3=CC=C(C(=O)OC)[C@H]1C(=O)OC. The Labute approximate surface area is 352 Å². The third-order valence-corrected chi connectivity index (χ3v) is 12.1. The summed E-state index contributed by atoms with van der Waals surface area (Å²) in [6.07, 6.45) is 7.14. The van der Waals surface area contributed by atoms with Crippen LogP contribution in [0.5, 0.6) is 0 Å². The first-order valence-electron chi connectivity index (χ1n) is 20.2. The van der Waals surface area contributed by atoms with Crippen molar-refractivity contribution in [2.45, 2.75) is 84.1 Å². The van der Waals surface area contributed by atoms with Gasteiger partial charge in [-0.05, 0) is 117 Å². The Hall–Kier alpha value is -6.61. The fourth-order valence-corrected chi connectivity index (χ4v) is 8.52. The van der Waals surface area contributed by atoms with Crippen LogP contribution in [0, 0.1) is 19.8 Å². The van der Waals surface area contributed by atoms with Crippen molar-refractivity contribution in [1.29, 1.82) is 0 Å². The number of H-pyrrole nitrogens is 2. The summed E-state index contributed by atoms with van der Waals surface area (Å²) in [5.41, 5.74) is 15.1. The van der Waals surface area contributed by atoms with E-state index < -0.39 is 41.3 Å². The standard InChI is InChI=1S/C46H52N6O9/c1-8-26-23(2)33-20-38-30-15-12-29(44(58)60-6)42(45(59)61-7)46(30,5)39(52-38)22-34-25(4)28(14-17-41(54)55)37(51-34)21-36-27(24(3)32(50-36)19-35(26)49-33)13-16-40(53)48-18-10-9-11-31(47)43(56)57/h8,12,15,19-22,31,42,49,51H,1,9-11,13-14,16-18,47H2,2-7H3,(H,48,53)(H,54,55)(H,56,57)/t31?,42-,46+/m0/s1. The van der Waals surface area contributed by atoms with Crippen molar-refractivity contribution in [2.24, 2.45) is 11.7 Å². The van der Waals surface area contributed by atoms with E-state index in [4.69, 9.17) is 30.3 Å². The van der Waals surface area contributed by atoms with Crippen LogP contribution in [0.2, 0.25) is 0 Å². The number of nitrogens with zero attached hydrogens (tertiary/aromatic N) is 2. The number of carbonyl (C=O) groups is 5. The Kier molecular flexibility index (Phi) is 12.9. The van der Waals surface area contributed by atoms with Crippen LogP contribution in [-0.2, 0) is 45.3 Å². The van der Waals surface area contributed by atoms with Crippen LogP contribution in [0.3, 0.4) is 0 Å². The molecule has 0 saturated heterocycles. The van der Waals surface area contributed by atoms with Gasteiger partial charge in [0.25, 0.3) is 0 Å². The minimum Gasteiger partial charge on any atom is -0.481 e. The summed E-state index contributed by atoms with van der Waals surface area (Å²) in [5, 5.41) is 21.7. The maximum atomic E-state index is 13.8. The average molecular weight is 833 g/mol. The lowest BCUT2D eigenvalue weighted by Gasteiger charge is -2.36. The van der Waals surface area contributed by atoms with Gasteiger partial charge in [0.05, 0.1) is 48.0 Å². The summed E-state index contributed by atoms with van der Waals surface area (Å²) >= 11 is 0. The number of amides is 1. The number of aryl methyl sites for hydroxylation is 3. The van der Waals surface area contributed by atoms with E-state index in [9.17, 15) is 29.1 Å². The highest BCUT2D eigenvalue weighted by atomic mass is 16.5. The molecule has 0 saturated carbocycles. The maximum Gasteiger partial charge on any atom is 0.334 e. The number of aromatic nitrogens is 4. The molecule has 3 atom stereocenters. The highest BCUT2D eigenvalue weighted by Crippen LogP contribution is 2.52. The normalized spacial score (nSPS) is 17.5. The molecule has 1 aliphatic carbocycles. The molecule has 5 heterocycles. The lowest BCUT2D eigenvalue weighted by atomic mass is 9.64. The minimum absolute atomic E-state index is 0.116. The second-order valence-corrected chi connectivity index (χ2v) is 15.7. The molecule has 0 radical (unpaired) electrons. The number of rotatable bonds is 15. The highest BCUT2D eigenvalue weighted by Gasteiger charge is 2.53. The Bertz CT molecular complexity index is 2610. The number of hydrogen-bond donors (Lipinski definition) is 6. The summed E-state index contributed by atoms with van der Waals surface area (Å²) in [4.78, 5) is 80.3. The molecule has 1 unspecified atom stereocenters. The Morgan fingerprint density at radius 3 is 2.25 bits per heavy atom. The van der Waals surface area contributed by atoms with Gasteiger partial charge < -0.3 is 40.7 Å². The molecular weight excluding hydrogens is 781 g/mol. The molecule has 7 N–H and O–H groups in total. The largest absolute Gasteiger partial charge is 0.481 e. The predicted octanol–water partition coefficient (Wildman–Crippen LogP) is 6.24. The Morgan fingerprint density at radius 2 is 1.57 bits per heavy atom. The second kappa shape index (κ2) is 17.9. The van der Waals surface area contributed by atoms with Crippen molar-refractivity contribution in [3.05, 3.63) is 93.6 Å². The van der Waals surface area contributed by atoms with Gasteiger partial charge in [0.2, 0.25) is 5.91 Å². The van der Waals surface area contributed by atoms with Crippen LogP contribution in [0.1, 0.15) is 97.4 Å². The molecule has 320 valence electrons. The number of nitrogens with two attached hydrogens (primary N) is 1. The number of esters is 2. The van der Waals surface area contributed by atoms with Gasteiger partial charge >= 0.3 is 23.9 Å². The molecule has 3 aliphatic rings. The van der Waals surface area contributed by atoms with Crippen molar-refractivity contribution < 1.29 is 43.7 Å². The van der Waals surface area contributed by atoms with E-state index >= 15 is 0 Å². The van der Waals surface area contributed by atoms with Crippen LogP contribution in [0.25, 0.3) is 44.9 Å². The number of methoxy groups -OCH3 is 2.